The van der Waals surface area contributed by atoms with Gasteiger partial charge in [-0.25, -0.2) is 0 Å². The largest absolute Gasteiger partial charge is 0.540 e. The summed E-state index contributed by atoms with van der Waals surface area (Å²) in [6.45, 7) is 20.5. The van der Waals surface area contributed by atoms with Crippen LogP contribution in [0.15, 0.2) is 73.8 Å². The quantitative estimate of drug-likeness (QED) is 0.220. The summed E-state index contributed by atoms with van der Waals surface area (Å²) in [6, 6.07) is 22.3. The second-order valence-corrected chi connectivity index (χ2v) is 19.1. The van der Waals surface area contributed by atoms with Crippen LogP contribution in [0.3, 0.4) is 0 Å². The maximum Gasteiger partial charge on any atom is 0.460 e. The van der Waals surface area contributed by atoms with Crippen molar-refractivity contribution >= 4 is 29.0 Å². The van der Waals surface area contributed by atoms with Gasteiger partial charge in [0, 0.05) is 12.1 Å². The molecule has 0 aromatic heterocycles. The Morgan fingerprint density at radius 3 is 1.72 bits per heavy atom. The third kappa shape index (κ3) is 6.68. The molecule has 4 nitrogen and oxygen atoms in total. The Labute approximate surface area is 236 Å². The van der Waals surface area contributed by atoms with Gasteiger partial charge in [0.1, 0.15) is 28.2 Å². The van der Waals surface area contributed by atoms with E-state index in [2.05, 4.69) is 78.2 Å². The van der Waals surface area contributed by atoms with Crippen LogP contribution in [-0.4, -0.2) is 22.1 Å². The van der Waals surface area contributed by atoms with E-state index in [1.807, 2.05) is 48.6 Å². The van der Waals surface area contributed by atoms with Crippen molar-refractivity contribution in [1.82, 2.24) is 0 Å². The first-order valence-corrected chi connectivity index (χ1v) is 18.9. The van der Waals surface area contributed by atoms with Crippen molar-refractivity contribution in [2.75, 3.05) is 0 Å². The zero-order chi connectivity index (χ0) is 28.3. The molecule has 0 aliphatic carbocycles. The molecule has 0 bridgehead atoms. The Hall–Kier alpha value is -3.23. The molecular formula is C33H42O4Si2. The first-order chi connectivity index (χ1) is 18.5. The number of aryl methyl sites for hydroxylation is 2. The number of hydrogen-bond donors (Lipinski definition) is 0. The normalized spacial score (nSPS) is 14.9. The summed E-state index contributed by atoms with van der Waals surface area (Å²) >= 11 is 0. The Balaban J connectivity index is 1.44. The average Bonchev–Trinajstić information content (AvgIpc) is 3.33. The van der Waals surface area contributed by atoms with E-state index in [4.69, 9.17) is 18.0 Å². The second-order valence-electron chi connectivity index (χ2n) is 11.5. The van der Waals surface area contributed by atoms with Crippen LogP contribution in [0.2, 0.25) is 25.2 Å². The standard InChI is InChI=1S/C33H42O4Si2/c1-9-27-13-15-31(23-25(27)3)35-38(7,8)33(5,6)34-29-17-19-30(20-18-29)36-39(21-11-12-22-39)37-32-16-14-28(10-2)26(4)24-32/h9-10,13-20,23-24H,1-2,11-12,21-22H2,3-8H3. The van der Waals surface area contributed by atoms with Crippen molar-refractivity contribution < 1.29 is 18.0 Å². The van der Waals surface area contributed by atoms with Gasteiger partial charge in [-0.1, -0.05) is 37.4 Å². The van der Waals surface area contributed by atoms with Crippen molar-refractivity contribution in [3.05, 3.63) is 96.1 Å². The lowest BCUT2D eigenvalue weighted by Gasteiger charge is -2.39. The SMILES string of the molecule is C=Cc1ccc(O[Si]2(Oc3ccc(OC(C)(C)[Si](C)(C)Oc4ccc(C=C)c(C)c4)cc3)CCCC2)cc1C. The van der Waals surface area contributed by atoms with E-state index in [0.717, 1.165) is 70.2 Å². The van der Waals surface area contributed by atoms with E-state index in [1.165, 1.54) is 0 Å². The molecule has 3 aromatic rings. The summed E-state index contributed by atoms with van der Waals surface area (Å²) < 4.78 is 26.4. The third-order valence-electron chi connectivity index (χ3n) is 7.92. The van der Waals surface area contributed by atoms with Crippen molar-refractivity contribution in [2.45, 2.75) is 70.9 Å². The maximum atomic E-state index is 6.64. The van der Waals surface area contributed by atoms with Crippen molar-refractivity contribution in [3.8, 4) is 23.0 Å². The highest BCUT2D eigenvalue weighted by molar-refractivity contribution is 6.74. The number of rotatable bonds is 11. The van der Waals surface area contributed by atoms with E-state index in [-0.39, 0.29) is 0 Å². The summed E-state index contributed by atoms with van der Waals surface area (Å²) in [5.74, 6) is 3.39. The molecule has 0 unspecified atom stereocenters. The molecular weight excluding hydrogens is 517 g/mol. The van der Waals surface area contributed by atoms with Gasteiger partial charge in [0.05, 0.1) is 0 Å². The lowest BCUT2D eigenvalue weighted by atomic mass is 10.1. The van der Waals surface area contributed by atoms with Crippen LogP contribution in [-0.2, 0) is 0 Å². The van der Waals surface area contributed by atoms with Gasteiger partial charge in [-0.05, 0) is 124 Å². The number of hydrogen-bond acceptors (Lipinski definition) is 4. The van der Waals surface area contributed by atoms with E-state index in [0.29, 0.717) is 0 Å². The lowest BCUT2D eigenvalue weighted by molar-refractivity contribution is 0.166. The molecule has 3 aromatic carbocycles. The van der Waals surface area contributed by atoms with Crippen LogP contribution in [0.1, 0.15) is 48.9 Å². The first kappa shape index (κ1) is 28.8. The molecule has 1 aliphatic heterocycles. The molecule has 39 heavy (non-hydrogen) atoms. The molecule has 4 rings (SSSR count). The minimum atomic E-state index is -2.40. The summed E-state index contributed by atoms with van der Waals surface area (Å²) in [7, 11) is -4.71. The molecule has 0 amide bonds. The van der Waals surface area contributed by atoms with Gasteiger partial charge in [-0.15, -0.1) is 0 Å². The third-order valence-corrected chi connectivity index (χ3v) is 15.1. The first-order valence-electron chi connectivity index (χ1n) is 13.8. The van der Waals surface area contributed by atoms with Crippen molar-refractivity contribution in [2.24, 2.45) is 0 Å². The van der Waals surface area contributed by atoms with Gasteiger partial charge >= 0.3 is 8.56 Å². The monoisotopic (exact) mass is 558 g/mol. The predicted molar refractivity (Wildman–Crippen MR) is 168 cm³/mol. The van der Waals surface area contributed by atoms with Gasteiger partial charge in [0.25, 0.3) is 8.32 Å². The van der Waals surface area contributed by atoms with E-state index in [1.54, 1.807) is 0 Å². The van der Waals surface area contributed by atoms with Crippen LogP contribution < -0.4 is 18.0 Å². The maximum absolute atomic E-state index is 6.64. The Morgan fingerprint density at radius 1 is 0.718 bits per heavy atom. The highest BCUT2D eigenvalue weighted by Gasteiger charge is 2.46. The molecule has 1 heterocycles. The van der Waals surface area contributed by atoms with Crippen molar-refractivity contribution in [1.29, 1.82) is 0 Å². The van der Waals surface area contributed by atoms with Gasteiger partial charge in [-0.3, -0.25) is 0 Å². The summed E-state index contributed by atoms with van der Waals surface area (Å²) in [5.41, 5.74) is 4.56. The van der Waals surface area contributed by atoms with Crippen LogP contribution in [0.25, 0.3) is 12.2 Å². The number of benzene rings is 3. The van der Waals surface area contributed by atoms with Crippen LogP contribution in [0, 0.1) is 13.8 Å². The van der Waals surface area contributed by atoms with E-state index < -0.39 is 22.1 Å². The number of ether oxygens (including phenoxy) is 1. The zero-order valence-corrected chi connectivity index (χ0v) is 26.3. The van der Waals surface area contributed by atoms with Gasteiger partial charge in [0.15, 0.2) is 0 Å². The molecule has 0 radical (unpaired) electrons. The van der Waals surface area contributed by atoms with E-state index >= 15 is 0 Å². The minimum absolute atomic E-state index is 0.472. The molecule has 1 aliphatic rings. The molecule has 0 spiro atoms. The molecule has 206 valence electrons. The Kier molecular flexibility index (Phi) is 8.47. The fraction of sp³-hybridized carbons (Fsp3) is 0.333. The Bertz CT molecular complexity index is 1320. The van der Waals surface area contributed by atoms with Crippen molar-refractivity contribution in [3.63, 3.8) is 0 Å². The fourth-order valence-corrected chi connectivity index (χ4v) is 9.59. The molecule has 1 saturated heterocycles. The van der Waals surface area contributed by atoms with Crippen LogP contribution in [0.4, 0.5) is 0 Å². The summed E-state index contributed by atoms with van der Waals surface area (Å²) in [4.78, 5) is 0. The Morgan fingerprint density at radius 2 is 1.18 bits per heavy atom. The molecule has 1 fully saturated rings. The van der Waals surface area contributed by atoms with Crippen LogP contribution >= 0.6 is 0 Å². The summed E-state index contributed by atoms with van der Waals surface area (Å²) in [5, 5.41) is -0.472. The predicted octanol–water partition coefficient (Wildman–Crippen LogP) is 9.26. The zero-order valence-electron chi connectivity index (χ0n) is 24.3. The van der Waals surface area contributed by atoms with Gasteiger partial charge in [-0.2, -0.15) is 0 Å². The second kappa shape index (κ2) is 11.5. The lowest BCUT2D eigenvalue weighted by Crippen LogP contribution is -2.58. The molecule has 0 saturated carbocycles. The van der Waals surface area contributed by atoms with E-state index in [9.17, 15) is 0 Å². The molecule has 0 atom stereocenters. The molecule has 0 N–H and O–H groups in total. The van der Waals surface area contributed by atoms with Crippen LogP contribution in [0.5, 0.6) is 23.0 Å². The summed E-state index contributed by atoms with van der Waals surface area (Å²) in [6.07, 6.45) is 6.02. The topological polar surface area (TPSA) is 36.9 Å². The molecule has 6 heteroatoms. The average molecular weight is 559 g/mol. The fourth-order valence-electron chi connectivity index (χ4n) is 4.86. The van der Waals surface area contributed by atoms with Gasteiger partial charge < -0.3 is 18.0 Å². The smallest absolute Gasteiger partial charge is 0.460 e. The highest BCUT2D eigenvalue weighted by Crippen LogP contribution is 2.36. The minimum Gasteiger partial charge on any atom is -0.540 e. The highest BCUT2D eigenvalue weighted by atomic mass is 28.4. The van der Waals surface area contributed by atoms with Gasteiger partial charge in [0.2, 0.25) is 0 Å².